The Morgan fingerprint density at radius 1 is 1.44 bits per heavy atom. The van der Waals surface area contributed by atoms with Gasteiger partial charge in [-0.2, -0.15) is 8.42 Å². The van der Waals surface area contributed by atoms with Crippen molar-refractivity contribution in [3.8, 4) is 0 Å². The molecule has 0 radical (unpaired) electrons. The third-order valence-corrected chi connectivity index (χ3v) is 5.64. The minimum atomic E-state index is -3.63. The number of esters is 1. The van der Waals surface area contributed by atoms with Crippen LogP contribution in [-0.4, -0.2) is 42.9 Å². The lowest BCUT2D eigenvalue weighted by molar-refractivity contribution is -0.150. The van der Waals surface area contributed by atoms with Gasteiger partial charge in [-0.25, -0.2) is 4.79 Å². The van der Waals surface area contributed by atoms with Gasteiger partial charge >= 0.3 is 11.7 Å². The Bertz CT molecular complexity index is 932. The zero-order valence-electron chi connectivity index (χ0n) is 14.1. The van der Waals surface area contributed by atoms with Crippen LogP contribution in [0.1, 0.15) is 31.4 Å². The molecule has 2 aliphatic rings. The zero-order chi connectivity index (χ0) is 18.6. The molecule has 1 unspecified atom stereocenters. The molecule has 10 heteroatoms. The lowest BCUT2D eigenvalue weighted by Gasteiger charge is -2.23. The molecule has 1 aromatic heterocycles. The van der Waals surface area contributed by atoms with Gasteiger partial charge in [-0.3, -0.25) is 23.3 Å². The predicted molar refractivity (Wildman–Crippen MR) is 86.6 cm³/mol. The van der Waals surface area contributed by atoms with Gasteiger partial charge in [-0.15, -0.1) is 0 Å². The van der Waals surface area contributed by atoms with Crippen LogP contribution >= 0.6 is 0 Å². The van der Waals surface area contributed by atoms with E-state index in [4.69, 9.17) is 8.92 Å². The SMILES string of the molecule is CC(=O)OC1C[C@H](n2cc(C)c(=O)[nH]c2=O)[C@H]2C[C@@]12COS(C)(=O)=O. The number of aromatic nitrogens is 2. The van der Waals surface area contributed by atoms with E-state index in [1.54, 1.807) is 6.92 Å². The molecule has 0 spiro atoms. The Hall–Kier alpha value is -1.94. The third-order valence-electron chi connectivity index (χ3n) is 5.09. The molecule has 2 saturated carbocycles. The Balaban J connectivity index is 1.93. The Labute approximate surface area is 144 Å². The maximum atomic E-state index is 12.2. The van der Waals surface area contributed by atoms with Crippen LogP contribution in [0.2, 0.25) is 0 Å². The molecule has 0 bridgehead atoms. The third kappa shape index (κ3) is 3.28. The van der Waals surface area contributed by atoms with Crippen LogP contribution in [0.3, 0.4) is 0 Å². The van der Waals surface area contributed by atoms with Crippen LogP contribution in [0.15, 0.2) is 15.8 Å². The fourth-order valence-corrected chi connectivity index (χ4v) is 4.27. The van der Waals surface area contributed by atoms with Gasteiger partial charge in [0, 0.05) is 36.6 Å². The van der Waals surface area contributed by atoms with Crippen molar-refractivity contribution in [2.45, 2.75) is 38.8 Å². The number of carbonyl (C=O) groups excluding carboxylic acids is 1. The van der Waals surface area contributed by atoms with Gasteiger partial charge in [0.05, 0.1) is 12.9 Å². The van der Waals surface area contributed by atoms with Crippen molar-refractivity contribution in [1.29, 1.82) is 0 Å². The zero-order valence-corrected chi connectivity index (χ0v) is 15.0. The van der Waals surface area contributed by atoms with Gasteiger partial charge in [-0.05, 0) is 19.3 Å². The van der Waals surface area contributed by atoms with E-state index in [9.17, 15) is 22.8 Å². The molecule has 0 saturated heterocycles. The summed E-state index contributed by atoms with van der Waals surface area (Å²) in [6, 6.07) is -0.296. The quantitative estimate of drug-likeness (QED) is 0.556. The monoisotopic (exact) mass is 372 g/mol. The van der Waals surface area contributed by atoms with Gasteiger partial charge in [0.25, 0.3) is 15.7 Å². The summed E-state index contributed by atoms with van der Waals surface area (Å²) in [7, 11) is -3.63. The fraction of sp³-hybridized carbons (Fsp3) is 0.667. The summed E-state index contributed by atoms with van der Waals surface area (Å²) in [6.45, 7) is 2.79. The molecular formula is C15H20N2O7S. The molecule has 2 fully saturated rings. The highest BCUT2D eigenvalue weighted by atomic mass is 32.2. The summed E-state index contributed by atoms with van der Waals surface area (Å²) in [5, 5.41) is 0. The molecule has 0 aliphatic heterocycles. The number of nitrogens with one attached hydrogen (secondary N) is 1. The number of ether oxygens (including phenoxy) is 1. The number of aromatic amines is 1. The van der Waals surface area contributed by atoms with Gasteiger partial charge < -0.3 is 4.74 Å². The summed E-state index contributed by atoms with van der Waals surface area (Å²) in [5.74, 6) is -0.540. The minimum absolute atomic E-state index is 0.0680. The molecular weight excluding hydrogens is 352 g/mol. The van der Waals surface area contributed by atoms with Crippen molar-refractivity contribution < 1.29 is 22.1 Å². The number of aryl methyl sites for hydroxylation is 1. The first-order valence-electron chi connectivity index (χ1n) is 7.87. The molecule has 2 aliphatic carbocycles. The Morgan fingerprint density at radius 2 is 2.12 bits per heavy atom. The van der Waals surface area contributed by atoms with Crippen LogP contribution < -0.4 is 11.2 Å². The summed E-state index contributed by atoms with van der Waals surface area (Å²) in [6.07, 6.45) is 2.85. The van der Waals surface area contributed by atoms with E-state index in [0.29, 0.717) is 18.4 Å². The smallest absolute Gasteiger partial charge is 0.328 e. The van der Waals surface area contributed by atoms with E-state index in [-0.39, 0.29) is 18.6 Å². The van der Waals surface area contributed by atoms with Crippen LogP contribution in [-0.2, 0) is 23.8 Å². The van der Waals surface area contributed by atoms with Gasteiger partial charge in [0.15, 0.2) is 0 Å². The lowest BCUT2D eigenvalue weighted by Crippen LogP contribution is -2.34. The summed E-state index contributed by atoms with van der Waals surface area (Å²) in [5.41, 5.74) is -1.20. The number of fused-ring (bicyclic) bond motifs is 1. The van der Waals surface area contributed by atoms with E-state index < -0.39 is 38.9 Å². The van der Waals surface area contributed by atoms with E-state index >= 15 is 0 Å². The molecule has 0 aromatic carbocycles. The molecule has 4 atom stereocenters. The number of nitrogens with zero attached hydrogens (tertiary/aromatic N) is 1. The standard InChI is InChI=1S/C15H20N2O7S/c1-8-6-17(14(20)16-13(8)19)11-4-12(24-9(2)18)15(5-10(11)15)7-23-25(3,21)22/h6,10-12H,4-5,7H2,1-3H3,(H,16,19,20)/t10-,11+,12?,15+/m1/s1. The van der Waals surface area contributed by atoms with Crippen LogP contribution in [0.25, 0.3) is 0 Å². The van der Waals surface area contributed by atoms with Crippen LogP contribution in [0, 0.1) is 18.3 Å². The average Bonchev–Trinajstić information content (AvgIpc) is 3.13. The second kappa shape index (κ2) is 5.80. The van der Waals surface area contributed by atoms with Crippen molar-refractivity contribution in [3.63, 3.8) is 0 Å². The number of rotatable bonds is 5. The molecule has 1 N–H and O–H groups in total. The molecule has 1 aromatic rings. The average molecular weight is 372 g/mol. The molecule has 1 heterocycles. The summed E-state index contributed by atoms with van der Waals surface area (Å²) < 4.78 is 34.5. The summed E-state index contributed by atoms with van der Waals surface area (Å²) >= 11 is 0. The highest BCUT2D eigenvalue weighted by Crippen LogP contribution is 2.68. The number of hydrogen-bond donors (Lipinski definition) is 1. The van der Waals surface area contributed by atoms with E-state index in [0.717, 1.165) is 6.26 Å². The first-order chi connectivity index (χ1) is 11.5. The van der Waals surface area contributed by atoms with Crippen molar-refractivity contribution in [2.24, 2.45) is 11.3 Å². The molecule has 0 amide bonds. The molecule has 9 nitrogen and oxygen atoms in total. The van der Waals surface area contributed by atoms with E-state index in [1.165, 1.54) is 17.7 Å². The Kier molecular flexibility index (Phi) is 4.15. The highest BCUT2D eigenvalue weighted by Gasteiger charge is 2.69. The second-order valence-electron chi connectivity index (χ2n) is 6.89. The van der Waals surface area contributed by atoms with Crippen LogP contribution in [0.5, 0.6) is 0 Å². The number of hydrogen-bond acceptors (Lipinski definition) is 7. The Morgan fingerprint density at radius 3 is 2.72 bits per heavy atom. The second-order valence-corrected chi connectivity index (χ2v) is 8.53. The molecule has 138 valence electrons. The van der Waals surface area contributed by atoms with E-state index in [2.05, 4.69) is 4.98 Å². The molecule has 3 rings (SSSR count). The minimum Gasteiger partial charge on any atom is -0.462 e. The first kappa shape index (κ1) is 17.9. The number of H-pyrrole nitrogens is 1. The van der Waals surface area contributed by atoms with Gasteiger partial charge in [0.2, 0.25) is 0 Å². The van der Waals surface area contributed by atoms with Crippen LogP contribution in [0.4, 0.5) is 0 Å². The van der Waals surface area contributed by atoms with Crippen molar-refractivity contribution in [2.75, 3.05) is 12.9 Å². The van der Waals surface area contributed by atoms with Gasteiger partial charge in [-0.1, -0.05) is 0 Å². The van der Waals surface area contributed by atoms with Crippen molar-refractivity contribution >= 4 is 16.1 Å². The fourth-order valence-electron chi connectivity index (χ4n) is 3.84. The topological polar surface area (TPSA) is 125 Å². The first-order valence-corrected chi connectivity index (χ1v) is 9.69. The number of carbonyl (C=O) groups is 1. The molecule has 25 heavy (non-hydrogen) atoms. The van der Waals surface area contributed by atoms with Gasteiger partial charge in [0.1, 0.15) is 6.10 Å². The predicted octanol–water partition coefficient (Wildman–Crippen LogP) is -0.296. The highest BCUT2D eigenvalue weighted by molar-refractivity contribution is 7.85. The van der Waals surface area contributed by atoms with Crippen molar-refractivity contribution in [1.82, 2.24) is 9.55 Å². The summed E-state index contributed by atoms with van der Waals surface area (Å²) in [4.78, 5) is 37.4. The normalized spacial score (nSPS) is 30.8. The largest absolute Gasteiger partial charge is 0.462 e. The lowest BCUT2D eigenvalue weighted by atomic mass is 10.0. The maximum absolute atomic E-state index is 12.2. The maximum Gasteiger partial charge on any atom is 0.328 e. The van der Waals surface area contributed by atoms with E-state index in [1.807, 2.05) is 0 Å². The van der Waals surface area contributed by atoms with Crippen molar-refractivity contribution in [3.05, 3.63) is 32.6 Å².